The molecule has 3 rings (SSSR count). The van der Waals surface area contributed by atoms with E-state index in [1.165, 1.54) is 0 Å². The predicted octanol–water partition coefficient (Wildman–Crippen LogP) is 4.06. The zero-order chi connectivity index (χ0) is 17.6. The molecule has 2 aromatic carbocycles. The number of rotatable bonds is 6. The lowest BCUT2D eigenvalue weighted by molar-refractivity contribution is 0.0946. The van der Waals surface area contributed by atoms with Crippen molar-refractivity contribution >= 4 is 17.5 Å². The summed E-state index contributed by atoms with van der Waals surface area (Å²) in [7, 11) is 0. The van der Waals surface area contributed by atoms with Crippen LogP contribution in [-0.4, -0.2) is 22.7 Å². The van der Waals surface area contributed by atoms with E-state index in [1.807, 2.05) is 49.4 Å². The van der Waals surface area contributed by atoms with E-state index in [0.717, 1.165) is 16.9 Å². The minimum absolute atomic E-state index is 0.229. The van der Waals surface area contributed by atoms with Gasteiger partial charge >= 0.3 is 0 Å². The van der Waals surface area contributed by atoms with Crippen molar-refractivity contribution in [2.75, 3.05) is 6.61 Å². The number of aromatic amines is 1. The summed E-state index contributed by atoms with van der Waals surface area (Å²) >= 11 is 6.16. The van der Waals surface area contributed by atoms with Crippen molar-refractivity contribution in [3.05, 3.63) is 70.9 Å². The molecule has 0 saturated carbocycles. The molecule has 1 aromatic heterocycles. The van der Waals surface area contributed by atoms with Crippen LogP contribution in [0.1, 0.15) is 23.0 Å². The molecule has 0 saturated heterocycles. The van der Waals surface area contributed by atoms with E-state index < -0.39 is 0 Å². The van der Waals surface area contributed by atoms with Gasteiger partial charge < -0.3 is 10.1 Å². The Labute approximate surface area is 151 Å². The van der Waals surface area contributed by atoms with Crippen LogP contribution in [0.15, 0.2) is 54.6 Å². The second-order valence-electron chi connectivity index (χ2n) is 5.41. The number of ether oxygens (including phenoxy) is 1. The molecule has 0 aliphatic heterocycles. The van der Waals surface area contributed by atoms with Gasteiger partial charge in [0, 0.05) is 12.1 Å². The van der Waals surface area contributed by atoms with E-state index in [2.05, 4.69) is 15.5 Å². The summed E-state index contributed by atoms with van der Waals surface area (Å²) in [6.07, 6.45) is 0. The summed E-state index contributed by atoms with van der Waals surface area (Å²) in [5, 5.41) is 10.4. The lowest BCUT2D eigenvalue weighted by Crippen LogP contribution is -2.23. The third-order valence-corrected chi connectivity index (χ3v) is 3.96. The molecule has 0 atom stereocenters. The maximum Gasteiger partial charge on any atom is 0.269 e. The largest absolute Gasteiger partial charge is 0.494 e. The maximum absolute atomic E-state index is 12.3. The molecular weight excluding hydrogens is 338 g/mol. The zero-order valence-corrected chi connectivity index (χ0v) is 14.5. The average molecular weight is 356 g/mol. The Morgan fingerprint density at radius 3 is 2.84 bits per heavy atom. The SMILES string of the molecule is CCOc1cccc(CNC(=O)c2cc(-c3ccccc3Cl)n[nH]2)c1. The molecule has 2 N–H and O–H groups in total. The van der Waals surface area contributed by atoms with Crippen LogP contribution >= 0.6 is 11.6 Å². The van der Waals surface area contributed by atoms with Crippen molar-refractivity contribution in [3.63, 3.8) is 0 Å². The van der Waals surface area contributed by atoms with Crippen molar-refractivity contribution in [2.45, 2.75) is 13.5 Å². The van der Waals surface area contributed by atoms with Gasteiger partial charge in [-0.1, -0.05) is 41.9 Å². The van der Waals surface area contributed by atoms with Gasteiger partial charge in [0.2, 0.25) is 0 Å². The molecule has 0 bridgehead atoms. The fourth-order valence-electron chi connectivity index (χ4n) is 2.43. The monoisotopic (exact) mass is 355 g/mol. The third-order valence-electron chi connectivity index (χ3n) is 3.63. The second kappa shape index (κ2) is 7.85. The molecule has 25 heavy (non-hydrogen) atoms. The van der Waals surface area contributed by atoms with Crippen molar-refractivity contribution in [2.24, 2.45) is 0 Å². The summed E-state index contributed by atoms with van der Waals surface area (Å²) < 4.78 is 5.46. The highest BCUT2D eigenvalue weighted by Gasteiger charge is 2.12. The highest BCUT2D eigenvalue weighted by molar-refractivity contribution is 6.33. The quantitative estimate of drug-likeness (QED) is 0.700. The van der Waals surface area contributed by atoms with E-state index in [1.54, 1.807) is 12.1 Å². The zero-order valence-electron chi connectivity index (χ0n) is 13.8. The fraction of sp³-hybridized carbons (Fsp3) is 0.158. The molecule has 0 spiro atoms. The van der Waals surface area contributed by atoms with Gasteiger partial charge in [0.05, 0.1) is 17.3 Å². The summed E-state index contributed by atoms with van der Waals surface area (Å²) in [4.78, 5) is 12.3. The number of carbonyl (C=O) groups excluding carboxylic acids is 1. The Morgan fingerprint density at radius 1 is 1.20 bits per heavy atom. The Kier molecular flexibility index (Phi) is 5.36. The van der Waals surface area contributed by atoms with Crippen molar-refractivity contribution in [1.29, 1.82) is 0 Å². The van der Waals surface area contributed by atoms with Gasteiger partial charge in [0.1, 0.15) is 11.4 Å². The molecule has 1 heterocycles. The number of hydrogen-bond acceptors (Lipinski definition) is 3. The lowest BCUT2D eigenvalue weighted by atomic mass is 10.1. The summed E-state index contributed by atoms with van der Waals surface area (Å²) in [5.74, 6) is 0.560. The topological polar surface area (TPSA) is 67.0 Å². The van der Waals surface area contributed by atoms with Crippen LogP contribution < -0.4 is 10.1 Å². The number of H-pyrrole nitrogens is 1. The molecule has 0 aliphatic rings. The van der Waals surface area contributed by atoms with Crippen LogP contribution in [0.5, 0.6) is 5.75 Å². The number of benzene rings is 2. The standard InChI is InChI=1S/C19H18ClN3O2/c1-2-25-14-7-5-6-13(10-14)12-21-19(24)18-11-17(22-23-18)15-8-3-4-9-16(15)20/h3-11H,2,12H2,1H3,(H,21,24)(H,22,23). The van der Waals surface area contributed by atoms with Crippen molar-refractivity contribution < 1.29 is 9.53 Å². The van der Waals surface area contributed by atoms with Crippen LogP contribution in [0.25, 0.3) is 11.3 Å². The van der Waals surface area contributed by atoms with E-state index >= 15 is 0 Å². The van der Waals surface area contributed by atoms with Gasteiger partial charge in [-0.25, -0.2) is 0 Å². The van der Waals surface area contributed by atoms with Gasteiger partial charge in [0.15, 0.2) is 0 Å². The number of nitrogens with one attached hydrogen (secondary N) is 2. The summed E-state index contributed by atoms with van der Waals surface area (Å²) in [5.41, 5.74) is 2.76. The molecule has 3 aromatic rings. The van der Waals surface area contributed by atoms with E-state index in [4.69, 9.17) is 16.3 Å². The van der Waals surface area contributed by atoms with E-state index in [0.29, 0.717) is 29.6 Å². The minimum atomic E-state index is -0.229. The first-order valence-electron chi connectivity index (χ1n) is 7.97. The maximum atomic E-state index is 12.3. The highest BCUT2D eigenvalue weighted by Crippen LogP contribution is 2.26. The van der Waals surface area contributed by atoms with Gasteiger partial charge in [-0.3, -0.25) is 9.89 Å². The van der Waals surface area contributed by atoms with Gasteiger partial charge in [-0.2, -0.15) is 5.10 Å². The molecule has 0 fully saturated rings. The number of carbonyl (C=O) groups is 1. The van der Waals surface area contributed by atoms with Crippen LogP contribution in [0.3, 0.4) is 0 Å². The number of aromatic nitrogens is 2. The predicted molar refractivity (Wildman–Crippen MR) is 97.8 cm³/mol. The number of halogens is 1. The summed E-state index contributed by atoms with van der Waals surface area (Å²) in [6, 6.07) is 16.7. The van der Waals surface area contributed by atoms with Crippen LogP contribution in [0.2, 0.25) is 5.02 Å². The molecule has 128 valence electrons. The third kappa shape index (κ3) is 4.19. The molecule has 0 radical (unpaired) electrons. The first-order chi connectivity index (χ1) is 12.2. The second-order valence-corrected chi connectivity index (χ2v) is 5.82. The number of nitrogens with zero attached hydrogens (tertiary/aromatic N) is 1. The van der Waals surface area contributed by atoms with Crippen LogP contribution in [-0.2, 0) is 6.54 Å². The number of amides is 1. The Bertz CT molecular complexity index is 876. The first-order valence-corrected chi connectivity index (χ1v) is 8.35. The molecule has 5 nitrogen and oxygen atoms in total. The fourth-order valence-corrected chi connectivity index (χ4v) is 2.67. The van der Waals surface area contributed by atoms with Gasteiger partial charge in [0.25, 0.3) is 5.91 Å². The van der Waals surface area contributed by atoms with Crippen molar-refractivity contribution in [1.82, 2.24) is 15.5 Å². The van der Waals surface area contributed by atoms with Crippen LogP contribution in [0, 0.1) is 0 Å². The highest BCUT2D eigenvalue weighted by atomic mass is 35.5. The van der Waals surface area contributed by atoms with E-state index in [-0.39, 0.29) is 5.91 Å². The smallest absolute Gasteiger partial charge is 0.269 e. The molecular formula is C19H18ClN3O2. The lowest BCUT2D eigenvalue weighted by Gasteiger charge is -2.07. The van der Waals surface area contributed by atoms with Crippen molar-refractivity contribution in [3.8, 4) is 17.0 Å². The van der Waals surface area contributed by atoms with Crippen LogP contribution in [0.4, 0.5) is 0 Å². The normalized spacial score (nSPS) is 10.5. The van der Waals surface area contributed by atoms with Gasteiger partial charge in [-0.05, 0) is 36.8 Å². The Balaban J connectivity index is 1.66. The molecule has 0 unspecified atom stereocenters. The first kappa shape index (κ1) is 17.0. The molecule has 6 heteroatoms. The summed E-state index contributed by atoms with van der Waals surface area (Å²) in [6.45, 7) is 2.94. The average Bonchev–Trinajstić information content (AvgIpc) is 3.11. The molecule has 0 aliphatic carbocycles. The molecule has 1 amide bonds. The minimum Gasteiger partial charge on any atom is -0.494 e. The van der Waals surface area contributed by atoms with E-state index in [9.17, 15) is 4.79 Å². The number of hydrogen-bond donors (Lipinski definition) is 2. The Morgan fingerprint density at radius 2 is 2.04 bits per heavy atom. The Hall–Kier alpha value is -2.79. The van der Waals surface area contributed by atoms with Gasteiger partial charge in [-0.15, -0.1) is 0 Å².